The van der Waals surface area contributed by atoms with Crippen molar-refractivity contribution >= 4 is 17.7 Å². The van der Waals surface area contributed by atoms with E-state index in [0.29, 0.717) is 22.5 Å². The molecule has 1 aromatic heterocycles. The SMILES string of the molecule is COC(=O)c1ccc(CNC(=O)C(=O)c2c(C)nn(C)c2C)cc1. The van der Waals surface area contributed by atoms with E-state index in [2.05, 4.69) is 15.2 Å². The average molecular weight is 329 g/mol. The molecule has 7 nitrogen and oxygen atoms in total. The number of carbonyl (C=O) groups excluding carboxylic acids is 3. The fraction of sp³-hybridized carbons (Fsp3) is 0.294. The first-order valence-corrected chi connectivity index (χ1v) is 7.35. The van der Waals surface area contributed by atoms with Crippen LogP contribution < -0.4 is 5.32 Å². The third-order valence-electron chi connectivity index (χ3n) is 3.77. The summed E-state index contributed by atoms with van der Waals surface area (Å²) in [5.74, 6) is -1.72. The number of rotatable bonds is 5. The van der Waals surface area contributed by atoms with Crippen molar-refractivity contribution in [1.82, 2.24) is 15.1 Å². The minimum Gasteiger partial charge on any atom is -0.465 e. The molecule has 1 heterocycles. The van der Waals surface area contributed by atoms with Crippen molar-refractivity contribution in [3.63, 3.8) is 0 Å². The number of amides is 1. The third-order valence-corrected chi connectivity index (χ3v) is 3.77. The van der Waals surface area contributed by atoms with Crippen LogP contribution in [0, 0.1) is 13.8 Å². The van der Waals surface area contributed by atoms with E-state index in [9.17, 15) is 14.4 Å². The zero-order valence-corrected chi connectivity index (χ0v) is 14.0. The van der Waals surface area contributed by atoms with Crippen LogP contribution in [0.1, 0.15) is 37.7 Å². The van der Waals surface area contributed by atoms with Gasteiger partial charge in [-0.2, -0.15) is 5.10 Å². The van der Waals surface area contributed by atoms with Gasteiger partial charge in [0, 0.05) is 19.3 Å². The summed E-state index contributed by atoms with van der Waals surface area (Å²) in [6.45, 7) is 3.62. The molecule has 7 heteroatoms. The Bertz CT molecular complexity index is 791. The molecular weight excluding hydrogens is 310 g/mol. The van der Waals surface area contributed by atoms with Crippen molar-refractivity contribution in [1.29, 1.82) is 0 Å². The van der Waals surface area contributed by atoms with E-state index in [1.807, 2.05) is 0 Å². The maximum atomic E-state index is 12.3. The standard InChI is InChI=1S/C17H19N3O4/c1-10-14(11(2)20(3)19-10)15(21)16(22)18-9-12-5-7-13(8-6-12)17(23)24-4/h5-8H,9H2,1-4H3,(H,18,22). The molecule has 0 radical (unpaired) electrons. The number of esters is 1. The highest BCUT2D eigenvalue weighted by Gasteiger charge is 2.23. The van der Waals surface area contributed by atoms with Crippen molar-refractivity contribution < 1.29 is 19.1 Å². The highest BCUT2D eigenvalue weighted by Crippen LogP contribution is 2.13. The number of ether oxygens (including phenoxy) is 1. The second kappa shape index (κ2) is 7.08. The summed E-state index contributed by atoms with van der Waals surface area (Å²) < 4.78 is 6.19. The van der Waals surface area contributed by atoms with Crippen molar-refractivity contribution in [3.05, 3.63) is 52.3 Å². The van der Waals surface area contributed by atoms with Crippen LogP contribution in [-0.2, 0) is 23.1 Å². The molecule has 0 aliphatic carbocycles. The molecular formula is C17H19N3O4. The molecule has 0 saturated heterocycles. The molecule has 0 saturated carbocycles. The number of aromatic nitrogens is 2. The number of aryl methyl sites for hydroxylation is 2. The van der Waals surface area contributed by atoms with Gasteiger partial charge in [-0.25, -0.2) is 4.79 Å². The number of Topliss-reactive ketones (excluding diaryl/α,β-unsaturated/α-hetero) is 1. The lowest BCUT2D eigenvalue weighted by Gasteiger charge is -2.06. The van der Waals surface area contributed by atoms with Crippen LogP contribution in [0.4, 0.5) is 0 Å². The van der Waals surface area contributed by atoms with E-state index in [1.54, 1.807) is 49.8 Å². The molecule has 126 valence electrons. The van der Waals surface area contributed by atoms with Gasteiger partial charge < -0.3 is 10.1 Å². The van der Waals surface area contributed by atoms with E-state index in [4.69, 9.17) is 0 Å². The molecule has 1 N–H and O–H groups in total. The first-order valence-electron chi connectivity index (χ1n) is 7.35. The minimum atomic E-state index is -0.689. The van der Waals surface area contributed by atoms with Crippen LogP contribution in [0.5, 0.6) is 0 Å². The summed E-state index contributed by atoms with van der Waals surface area (Å²) in [5.41, 5.74) is 2.69. The molecule has 0 atom stereocenters. The lowest BCUT2D eigenvalue weighted by molar-refractivity contribution is -0.117. The van der Waals surface area contributed by atoms with Crippen molar-refractivity contribution in [2.45, 2.75) is 20.4 Å². The number of methoxy groups -OCH3 is 1. The Hall–Kier alpha value is -2.96. The van der Waals surface area contributed by atoms with Crippen molar-refractivity contribution in [2.75, 3.05) is 7.11 Å². The monoisotopic (exact) mass is 329 g/mol. The van der Waals surface area contributed by atoms with E-state index in [-0.39, 0.29) is 6.54 Å². The quantitative estimate of drug-likeness (QED) is 0.508. The Morgan fingerprint density at radius 2 is 1.79 bits per heavy atom. The predicted octanol–water partition coefficient (Wildman–Crippen LogP) is 1.32. The maximum absolute atomic E-state index is 12.3. The Balaban J connectivity index is 2.02. The molecule has 2 rings (SSSR count). The Morgan fingerprint density at radius 3 is 2.29 bits per heavy atom. The number of nitrogens with zero attached hydrogens (tertiary/aromatic N) is 2. The molecule has 1 amide bonds. The lowest BCUT2D eigenvalue weighted by Crippen LogP contribution is -2.31. The first kappa shape index (κ1) is 17.4. The van der Waals surface area contributed by atoms with Gasteiger partial charge in [0.2, 0.25) is 0 Å². The smallest absolute Gasteiger partial charge is 0.337 e. The summed E-state index contributed by atoms with van der Waals surface area (Å²) in [6.07, 6.45) is 0. The number of hydrogen-bond donors (Lipinski definition) is 1. The van der Waals surface area contributed by atoms with Gasteiger partial charge in [0.05, 0.1) is 23.9 Å². The molecule has 0 bridgehead atoms. The van der Waals surface area contributed by atoms with Gasteiger partial charge in [0.15, 0.2) is 0 Å². The first-order chi connectivity index (χ1) is 11.3. The average Bonchev–Trinajstić information content (AvgIpc) is 2.84. The van der Waals surface area contributed by atoms with Crippen LogP contribution in [0.2, 0.25) is 0 Å². The van der Waals surface area contributed by atoms with E-state index >= 15 is 0 Å². The van der Waals surface area contributed by atoms with Crippen molar-refractivity contribution in [2.24, 2.45) is 7.05 Å². The maximum Gasteiger partial charge on any atom is 0.337 e. The molecule has 0 aliphatic rings. The highest BCUT2D eigenvalue weighted by atomic mass is 16.5. The molecule has 0 fully saturated rings. The van der Waals surface area contributed by atoms with Crippen LogP contribution in [0.15, 0.2) is 24.3 Å². The largest absolute Gasteiger partial charge is 0.465 e. The second-order valence-corrected chi connectivity index (χ2v) is 5.37. The fourth-order valence-electron chi connectivity index (χ4n) is 2.35. The molecule has 0 unspecified atom stereocenters. The number of nitrogens with one attached hydrogen (secondary N) is 1. The molecule has 0 spiro atoms. The van der Waals surface area contributed by atoms with Gasteiger partial charge in [-0.1, -0.05) is 12.1 Å². The van der Waals surface area contributed by atoms with Gasteiger partial charge >= 0.3 is 5.97 Å². The van der Waals surface area contributed by atoms with Crippen LogP contribution in [-0.4, -0.2) is 34.6 Å². The van der Waals surface area contributed by atoms with Crippen LogP contribution in [0.25, 0.3) is 0 Å². The fourth-order valence-corrected chi connectivity index (χ4v) is 2.35. The normalized spacial score (nSPS) is 10.3. The van der Waals surface area contributed by atoms with Gasteiger partial charge in [-0.3, -0.25) is 14.3 Å². The van der Waals surface area contributed by atoms with Crippen LogP contribution in [0.3, 0.4) is 0 Å². The third kappa shape index (κ3) is 3.51. The summed E-state index contributed by atoms with van der Waals surface area (Å²) >= 11 is 0. The summed E-state index contributed by atoms with van der Waals surface area (Å²) in [5, 5.41) is 6.72. The summed E-state index contributed by atoms with van der Waals surface area (Å²) in [4.78, 5) is 35.7. The highest BCUT2D eigenvalue weighted by molar-refractivity contribution is 6.43. The molecule has 1 aromatic carbocycles. The van der Waals surface area contributed by atoms with Gasteiger partial charge in [-0.05, 0) is 31.5 Å². The van der Waals surface area contributed by atoms with E-state index < -0.39 is 17.7 Å². The summed E-state index contributed by atoms with van der Waals surface area (Å²) in [7, 11) is 3.03. The van der Waals surface area contributed by atoms with E-state index in [0.717, 1.165) is 5.56 Å². The minimum absolute atomic E-state index is 0.185. The van der Waals surface area contributed by atoms with Gasteiger partial charge in [0.25, 0.3) is 11.7 Å². The van der Waals surface area contributed by atoms with Gasteiger partial charge in [0.1, 0.15) is 0 Å². The number of ketones is 1. The molecule has 0 aliphatic heterocycles. The zero-order valence-electron chi connectivity index (χ0n) is 14.0. The second-order valence-electron chi connectivity index (χ2n) is 5.37. The van der Waals surface area contributed by atoms with Crippen LogP contribution >= 0.6 is 0 Å². The Kier molecular flexibility index (Phi) is 5.13. The molecule has 2 aromatic rings. The predicted molar refractivity (Wildman–Crippen MR) is 86.6 cm³/mol. The number of carbonyl (C=O) groups is 3. The topological polar surface area (TPSA) is 90.3 Å². The lowest BCUT2D eigenvalue weighted by atomic mass is 10.1. The molecule has 24 heavy (non-hydrogen) atoms. The number of hydrogen-bond acceptors (Lipinski definition) is 5. The summed E-state index contributed by atoms with van der Waals surface area (Å²) in [6, 6.07) is 6.59. The van der Waals surface area contributed by atoms with E-state index in [1.165, 1.54) is 7.11 Å². The van der Waals surface area contributed by atoms with Crippen molar-refractivity contribution in [3.8, 4) is 0 Å². The Labute approximate surface area is 139 Å². The Morgan fingerprint density at radius 1 is 1.17 bits per heavy atom. The number of benzene rings is 1. The zero-order chi connectivity index (χ0) is 17.9. The van der Waals surface area contributed by atoms with Gasteiger partial charge in [-0.15, -0.1) is 0 Å².